The highest BCUT2D eigenvalue weighted by Crippen LogP contribution is 2.43. The van der Waals surface area contributed by atoms with Gasteiger partial charge in [0.25, 0.3) is 5.56 Å². The number of rotatable bonds is 8. The highest BCUT2D eigenvalue weighted by atomic mass is 16.5. The Morgan fingerprint density at radius 3 is 2.31 bits per heavy atom. The molecule has 1 saturated heterocycles. The molecule has 1 unspecified atom stereocenters. The van der Waals surface area contributed by atoms with E-state index in [1.165, 1.54) is 15.7 Å². The molecule has 1 atom stereocenters. The third-order valence-electron chi connectivity index (χ3n) is 11.3. The summed E-state index contributed by atoms with van der Waals surface area (Å²) in [7, 11) is 6.82. The number of carbonyl (C=O) groups is 2. The summed E-state index contributed by atoms with van der Waals surface area (Å²) in [5.41, 5.74) is 9.05. The Morgan fingerprint density at radius 2 is 1.59 bits per heavy atom. The van der Waals surface area contributed by atoms with E-state index in [4.69, 9.17) is 9.47 Å². The molecular formula is C42H40N6O6. The average molecular weight is 725 g/mol. The summed E-state index contributed by atoms with van der Waals surface area (Å²) in [6, 6.07) is 17.6. The Bertz CT molecular complexity index is 2660. The molecular weight excluding hydrogens is 684 g/mol. The first-order valence-corrected chi connectivity index (χ1v) is 18.3. The van der Waals surface area contributed by atoms with Gasteiger partial charge in [0.05, 0.1) is 36.2 Å². The fourth-order valence-corrected chi connectivity index (χ4v) is 8.37. The minimum absolute atomic E-state index is 0.0812. The van der Waals surface area contributed by atoms with Crippen molar-refractivity contribution in [3.63, 3.8) is 0 Å². The Hall–Kier alpha value is -6.01. The lowest BCUT2D eigenvalue weighted by Crippen LogP contribution is -2.44. The lowest BCUT2D eigenvalue weighted by atomic mass is 9.98. The number of methoxy groups -OCH3 is 2. The number of nitrogens with zero attached hydrogens (tertiary/aromatic N) is 5. The van der Waals surface area contributed by atoms with Crippen molar-refractivity contribution in [2.45, 2.75) is 57.3 Å². The zero-order valence-corrected chi connectivity index (χ0v) is 30.6. The number of nitrogens with one attached hydrogen (secondary N) is 1. The van der Waals surface area contributed by atoms with Crippen molar-refractivity contribution in [2.75, 3.05) is 14.2 Å². The number of imidazole rings is 1. The molecule has 2 aliphatic heterocycles. The normalized spacial score (nSPS) is 17.3. The van der Waals surface area contributed by atoms with Gasteiger partial charge < -0.3 is 14.0 Å². The van der Waals surface area contributed by atoms with Crippen molar-refractivity contribution >= 4 is 33.6 Å². The number of amides is 2. The summed E-state index contributed by atoms with van der Waals surface area (Å²) in [6.07, 6.45) is 6.31. The van der Waals surface area contributed by atoms with E-state index in [0.717, 1.165) is 63.8 Å². The topological polar surface area (TPSA) is 130 Å². The molecule has 6 aromatic rings. The Labute approximate surface area is 310 Å². The van der Waals surface area contributed by atoms with Crippen LogP contribution in [0.25, 0.3) is 44.1 Å². The third-order valence-corrected chi connectivity index (χ3v) is 11.3. The summed E-state index contributed by atoms with van der Waals surface area (Å²) in [4.78, 5) is 58.2. The van der Waals surface area contributed by atoms with Crippen LogP contribution in [-0.4, -0.2) is 49.6 Å². The maximum atomic E-state index is 13.6. The molecule has 3 aromatic heterocycles. The molecule has 9 rings (SSSR count). The molecule has 1 aliphatic carbocycles. The fraction of sp³-hybridized carbons (Fsp3) is 0.310. The molecule has 3 aromatic carbocycles. The predicted octanol–water partition coefficient (Wildman–Crippen LogP) is 5.31. The van der Waals surface area contributed by atoms with E-state index in [9.17, 15) is 19.2 Å². The SMILES string of the molecule is COc1cc(-c2cn(C)c(=O)c3cnc(C4CC4)cc23)cc(OC)c1CN1Cc2ccc(-c3cccc4c3n(C)c(=O)n4C3CCC(=O)NC3=O)cc2C1. The molecule has 3 aliphatic rings. The summed E-state index contributed by atoms with van der Waals surface area (Å²) < 4.78 is 16.7. The second-order valence-electron chi connectivity index (χ2n) is 14.7. The molecule has 0 radical (unpaired) electrons. The lowest BCUT2D eigenvalue weighted by molar-refractivity contribution is -0.135. The molecule has 54 heavy (non-hydrogen) atoms. The number of ether oxygens (including phenoxy) is 2. The van der Waals surface area contributed by atoms with Crippen LogP contribution in [-0.2, 0) is 43.3 Å². The van der Waals surface area contributed by atoms with Gasteiger partial charge in [-0.1, -0.05) is 24.3 Å². The standard InChI is InChI=1S/C42H40N6O6/c1-45-21-31(29-17-33(23-8-9-23)43-18-30(29)41(45)51)26-15-36(53-3)32(37(16-26)54-4)22-47-19-25-11-10-24(14-27(25)20-47)28-6-5-7-34-39(28)46(2)42(52)48(34)35-12-13-38(49)44-40(35)50/h5-7,10-11,14-18,21,23,35H,8-9,12-13,19-20,22H2,1-4H3,(H,44,49,50). The van der Waals surface area contributed by atoms with Gasteiger partial charge in [0.2, 0.25) is 11.8 Å². The minimum atomic E-state index is -0.746. The van der Waals surface area contributed by atoms with Crippen LogP contribution in [0.2, 0.25) is 0 Å². The third kappa shape index (κ3) is 5.51. The molecule has 0 bridgehead atoms. The summed E-state index contributed by atoms with van der Waals surface area (Å²) in [5, 5.41) is 3.85. The maximum absolute atomic E-state index is 13.6. The van der Waals surface area contributed by atoms with Gasteiger partial charge in [-0.15, -0.1) is 0 Å². The molecule has 2 amide bonds. The minimum Gasteiger partial charge on any atom is -0.496 e. The second kappa shape index (κ2) is 12.8. The summed E-state index contributed by atoms with van der Waals surface area (Å²) in [5.74, 6) is 1.08. The van der Waals surface area contributed by atoms with Crippen LogP contribution in [0, 0.1) is 0 Å². The highest BCUT2D eigenvalue weighted by molar-refractivity contribution is 6.01. The molecule has 12 nitrogen and oxygen atoms in total. The van der Waals surface area contributed by atoms with E-state index >= 15 is 0 Å². The van der Waals surface area contributed by atoms with Crippen molar-refractivity contribution in [1.82, 2.24) is 28.9 Å². The van der Waals surface area contributed by atoms with E-state index in [0.29, 0.717) is 41.4 Å². The zero-order valence-electron chi connectivity index (χ0n) is 30.6. The predicted molar refractivity (Wildman–Crippen MR) is 204 cm³/mol. The number of carbonyl (C=O) groups excluding carboxylic acids is 2. The van der Waals surface area contributed by atoms with Gasteiger partial charge in [-0.25, -0.2) is 4.79 Å². The Balaban J connectivity index is 1.03. The van der Waals surface area contributed by atoms with Crippen LogP contribution in [0.15, 0.2) is 76.6 Å². The number of fused-ring (bicyclic) bond motifs is 3. The van der Waals surface area contributed by atoms with Crippen LogP contribution in [0.3, 0.4) is 0 Å². The van der Waals surface area contributed by atoms with Crippen LogP contribution < -0.4 is 26.0 Å². The number of hydrogen-bond donors (Lipinski definition) is 1. The molecule has 2 fully saturated rings. The van der Waals surface area contributed by atoms with Gasteiger partial charge >= 0.3 is 5.69 Å². The molecule has 274 valence electrons. The van der Waals surface area contributed by atoms with Gasteiger partial charge in [-0.3, -0.25) is 38.7 Å². The summed E-state index contributed by atoms with van der Waals surface area (Å²) in [6.45, 7) is 2.02. The number of aromatic nitrogens is 4. The van der Waals surface area contributed by atoms with E-state index < -0.39 is 11.9 Å². The number of imide groups is 1. The number of pyridine rings is 2. The number of para-hydroxylation sites is 1. The van der Waals surface area contributed by atoms with Gasteiger partial charge in [0, 0.05) is 75.3 Å². The van der Waals surface area contributed by atoms with E-state index in [1.807, 2.05) is 36.5 Å². The number of benzene rings is 3. The smallest absolute Gasteiger partial charge is 0.329 e. The van der Waals surface area contributed by atoms with Gasteiger partial charge in [-0.2, -0.15) is 0 Å². The second-order valence-corrected chi connectivity index (χ2v) is 14.7. The number of hydrogen-bond acceptors (Lipinski definition) is 8. The van der Waals surface area contributed by atoms with Gasteiger partial charge in [0.15, 0.2) is 0 Å². The highest BCUT2D eigenvalue weighted by Gasteiger charge is 2.32. The van der Waals surface area contributed by atoms with E-state index in [-0.39, 0.29) is 30.0 Å². The quantitative estimate of drug-likeness (QED) is 0.209. The van der Waals surface area contributed by atoms with Crippen LogP contribution in [0.1, 0.15) is 60.0 Å². The molecule has 1 N–H and O–H groups in total. The summed E-state index contributed by atoms with van der Waals surface area (Å²) >= 11 is 0. The first-order chi connectivity index (χ1) is 26.1. The van der Waals surface area contributed by atoms with Crippen molar-refractivity contribution in [3.8, 4) is 33.8 Å². The monoisotopic (exact) mass is 724 g/mol. The molecule has 12 heteroatoms. The number of aryl methyl sites for hydroxylation is 2. The Morgan fingerprint density at radius 1 is 0.833 bits per heavy atom. The van der Waals surface area contributed by atoms with Crippen molar-refractivity contribution < 1.29 is 19.1 Å². The lowest BCUT2D eigenvalue weighted by Gasteiger charge is -2.22. The molecule has 1 saturated carbocycles. The average Bonchev–Trinajstić information content (AvgIpc) is 3.90. The zero-order chi connectivity index (χ0) is 37.4. The van der Waals surface area contributed by atoms with Crippen molar-refractivity contribution in [2.24, 2.45) is 14.1 Å². The first-order valence-electron chi connectivity index (χ1n) is 18.3. The first kappa shape index (κ1) is 33.8. The number of piperidine rings is 1. The van der Waals surface area contributed by atoms with Crippen molar-refractivity contribution in [1.29, 1.82) is 0 Å². The van der Waals surface area contributed by atoms with E-state index in [2.05, 4.69) is 39.5 Å². The van der Waals surface area contributed by atoms with Crippen LogP contribution in [0.4, 0.5) is 0 Å². The van der Waals surface area contributed by atoms with Gasteiger partial charge in [-0.05, 0) is 77.2 Å². The fourth-order valence-electron chi connectivity index (χ4n) is 8.37. The molecule has 0 spiro atoms. The van der Waals surface area contributed by atoms with Crippen molar-refractivity contribution in [3.05, 3.63) is 110 Å². The molecule has 5 heterocycles. The van der Waals surface area contributed by atoms with Gasteiger partial charge in [0.1, 0.15) is 17.5 Å². The maximum Gasteiger partial charge on any atom is 0.329 e. The largest absolute Gasteiger partial charge is 0.496 e. The van der Waals surface area contributed by atoms with E-state index in [1.54, 1.807) is 43.6 Å². The van der Waals surface area contributed by atoms with Crippen LogP contribution >= 0.6 is 0 Å². The van der Waals surface area contributed by atoms with Crippen LogP contribution in [0.5, 0.6) is 11.5 Å². The Kier molecular flexibility index (Phi) is 8.04.